The molecular formula is C15H21N5. The lowest BCUT2D eigenvalue weighted by Crippen LogP contribution is -2.12. The van der Waals surface area contributed by atoms with Crippen molar-refractivity contribution in [1.82, 2.24) is 20.2 Å². The van der Waals surface area contributed by atoms with Gasteiger partial charge in [-0.1, -0.05) is 37.8 Å². The van der Waals surface area contributed by atoms with Gasteiger partial charge in [0, 0.05) is 11.3 Å². The first kappa shape index (κ1) is 13.1. The Morgan fingerprint density at radius 3 is 2.65 bits per heavy atom. The van der Waals surface area contributed by atoms with E-state index in [4.69, 9.17) is 5.73 Å². The molecule has 0 amide bonds. The van der Waals surface area contributed by atoms with Crippen LogP contribution in [0.1, 0.15) is 50.1 Å². The van der Waals surface area contributed by atoms with Gasteiger partial charge in [-0.3, -0.25) is 0 Å². The second-order valence-corrected chi connectivity index (χ2v) is 5.61. The fourth-order valence-corrected chi connectivity index (χ4v) is 3.02. The summed E-state index contributed by atoms with van der Waals surface area (Å²) >= 11 is 0. The first-order chi connectivity index (χ1) is 9.77. The van der Waals surface area contributed by atoms with Crippen LogP contribution in [0.25, 0.3) is 11.4 Å². The molecule has 0 unspecified atom stereocenters. The second-order valence-electron chi connectivity index (χ2n) is 5.61. The van der Waals surface area contributed by atoms with Crippen LogP contribution in [0.5, 0.6) is 0 Å². The van der Waals surface area contributed by atoms with Crippen LogP contribution in [0.4, 0.5) is 5.69 Å². The van der Waals surface area contributed by atoms with Gasteiger partial charge < -0.3 is 5.73 Å². The van der Waals surface area contributed by atoms with E-state index in [-0.39, 0.29) is 0 Å². The van der Waals surface area contributed by atoms with Crippen LogP contribution in [-0.4, -0.2) is 20.2 Å². The van der Waals surface area contributed by atoms with Crippen LogP contribution in [0, 0.1) is 6.92 Å². The Morgan fingerprint density at radius 2 is 1.90 bits per heavy atom. The second kappa shape index (κ2) is 5.61. The van der Waals surface area contributed by atoms with E-state index >= 15 is 0 Å². The number of nitrogen functional groups attached to an aromatic ring is 1. The first-order valence-corrected chi connectivity index (χ1v) is 7.40. The highest BCUT2D eigenvalue weighted by Gasteiger charge is 2.21. The maximum Gasteiger partial charge on any atom is 0.182 e. The monoisotopic (exact) mass is 271 g/mol. The van der Waals surface area contributed by atoms with Crippen molar-refractivity contribution < 1.29 is 0 Å². The lowest BCUT2D eigenvalue weighted by molar-refractivity contribution is 0.400. The van der Waals surface area contributed by atoms with Crippen molar-refractivity contribution in [1.29, 1.82) is 0 Å². The van der Waals surface area contributed by atoms with Crippen LogP contribution in [-0.2, 0) is 0 Å². The molecule has 0 aliphatic heterocycles. The highest BCUT2D eigenvalue weighted by Crippen LogP contribution is 2.31. The van der Waals surface area contributed by atoms with E-state index in [1.165, 1.54) is 38.5 Å². The zero-order valence-electron chi connectivity index (χ0n) is 11.9. The van der Waals surface area contributed by atoms with E-state index in [2.05, 4.69) is 15.5 Å². The zero-order valence-corrected chi connectivity index (χ0v) is 11.9. The number of hydrogen-bond donors (Lipinski definition) is 1. The fourth-order valence-electron chi connectivity index (χ4n) is 3.02. The van der Waals surface area contributed by atoms with Crippen LogP contribution in [0.2, 0.25) is 0 Å². The van der Waals surface area contributed by atoms with Crippen molar-refractivity contribution in [3.8, 4) is 11.4 Å². The van der Waals surface area contributed by atoms with Crippen LogP contribution >= 0.6 is 0 Å². The molecule has 2 aromatic rings. The van der Waals surface area contributed by atoms with Crippen LogP contribution in [0.3, 0.4) is 0 Å². The molecule has 20 heavy (non-hydrogen) atoms. The molecule has 1 fully saturated rings. The van der Waals surface area contributed by atoms with Gasteiger partial charge in [0.15, 0.2) is 5.82 Å². The molecule has 1 aliphatic rings. The third kappa shape index (κ3) is 2.40. The van der Waals surface area contributed by atoms with Gasteiger partial charge in [-0.2, -0.15) is 0 Å². The highest BCUT2D eigenvalue weighted by atomic mass is 15.5. The smallest absolute Gasteiger partial charge is 0.182 e. The third-order valence-electron chi connectivity index (χ3n) is 4.28. The molecule has 5 heteroatoms. The summed E-state index contributed by atoms with van der Waals surface area (Å²) in [5, 5.41) is 12.4. The summed E-state index contributed by atoms with van der Waals surface area (Å²) in [5.74, 6) is 0.849. The molecule has 5 nitrogen and oxygen atoms in total. The predicted octanol–water partition coefficient (Wildman–Crippen LogP) is 3.13. The molecular weight excluding hydrogens is 250 g/mol. The summed E-state index contributed by atoms with van der Waals surface area (Å²) in [4.78, 5) is 0. The molecule has 0 radical (unpaired) electrons. The minimum atomic E-state index is 0.420. The number of nitrogens with zero attached hydrogens (tertiary/aromatic N) is 4. The maximum atomic E-state index is 6.00. The minimum Gasteiger partial charge on any atom is -0.398 e. The summed E-state index contributed by atoms with van der Waals surface area (Å²) in [6, 6.07) is 6.34. The van der Waals surface area contributed by atoms with E-state index in [1.807, 2.05) is 29.8 Å². The molecule has 0 bridgehead atoms. The summed E-state index contributed by atoms with van der Waals surface area (Å²) in [5.41, 5.74) is 8.89. The van der Waals surface area contributed by atoms with Crippen molar-refractivity contribution in [2.75, 3.05) is 5.73 Å². The third-order valence-corrected chi connectivity index (χ3v) is 4.28. The average molecular weight is 271 g/mol. The van der Waals surface area contributed by atoms with Gasteiger partial charge in [-0.15, -0.1) is 5.10 Å². The van der Waals surface area contributed by atoms with E-state index in [0.29, 0.717) is 6.04 Å². The van der Waals surface area contributed by atoms with Crippen molar-refractivity contribution in [2.45, 2.75) is 51.5 Å². The fraction of sp³-hybridized carbons (Fsp3) is 0.533. The molecule has 1 aliphatic carbocycles. The molecule has 0 spiro atoms. The quantitative estimate of drug-likeness (QED) is 0.673. The van der Waals surface area contributed by atoms with E-state index in [9.17, 15) is 0 Å². The lowest BCUT2D eigenvalue weighted by atomic mass is 10.0. The number of aromatic nitrogens is 4. The summed E-state index contributed by atoms with van der Waals surface area (Å²) in [7, 11) is 0. The van der Waals surface area contributed by atoms with E-state index in [0.717, 1.165) is 22.6 Å². The first-order valence-electron chi connectivity index (χ1n) is 7.40. The molecule has 3 rings (SSSR count). The molecule has 0 saturated heterocycles. The minimum absolute atomic E-state index is 0.420. The lowest BCUT2D eigenvalue weighted by Gasteiger charge is -2.16. The van der Waals surface area contributed by atoms with Gasteiger partial charge in [0.25, 0.3) is 0 Å². The van der Waals surface area contributed by atoms with Crippen molar-refractivity contribution in [2.24, 2.45) is 0 Å². The Balaban J connectivity index is 1.99. The number of rotatable bonds is 2. The van der Waals surface area contributed by atoms with E-state index in [1.54, 1.807) is 0 Å². The van der Waals surface area contributed by atoms with Crippen LogP contribution in [0.15, 0.2) is 18.2 Å². The van der Waals surface area contributed by atoms with Gasteiger partial charge in [-0.25, -0.2) is 4.68 Å². The SMILES string of the molecule is Cc1c(N)cccc1-c1nnnn1C1CCCCCC1. The summed E-state index contributed by atoms with van der Waals surface area (Å²) < 4.78 is 2.01. The molecule has 1 aromatic carbocycles. The number of hydrogen-bond acceptors (Lipinski definition) is 4. The highest BCUT2D eigenvalue weighted by molar-refractivity contribution is 5.67. The number of tetrazole rings is 1. The normalized spacial score (nSPS) is 17.1. The summed E-state index contributed by atoms with van der Waals surface area (Å²) in [6.07, 6.45) is 7.51. The summed E-state index contributed by atoms with van der Waals surface area (Å²) in [6.45, 7) is 2.02. The number of anilines is 1. The largest absolute Gasteiger partial charge is 0.398 e. The van der Waals surface area contributed by atoms with Gasteiger partial charge in [-0.05, 0) is 41.8 Å². The molecule has 2 N–H and O–H groups in total. The van der Waals surface area contributed by atoms with E-state index < -0.39 is 0 Å². The molecule has 1 aromatic heterocycles. The molecule has 0 atom stereocenters. The van der Waals surface area contributed by atoms with Gasteiger partial charge >= 0.3 is 0 Å². The van der Waals surface area contributed by atoms with Gasteiger partial charge in [0.2, 0.25) is 0 Å². The Labute approximate surface area is 119 Å². The Bertz CT molecular complexity index is 582. The number of nitrogens with two attached hydrogens (primary N) is 1. The topological polar surface area (TPSA) is 69.6 Å². The maximum absolute atomic E-state index is 6.00. The zero-order chi connectivity index (χ0) is 13.9. The molecule has 1 heterocycles. The predicted molar refractivity (Wildman–Crippen MR) is 79.1 cm³/mol. The average Bonchev–Trinajstić information content (AvgIpc) is 2.77. The molecule has 1 saturated carbocycles. The van der Waals surface area contributed by atoms with Crippen molar-refractivity contribution in [3.63, 3.8) is 0 Å². The van der Waals surface area contributed by atoms with Crippen molar-refractivity contribution in [3.05, 3.63) is 23.8 Å². The Hall–Kier alpha value is -1.91. The Kier molecular flexibility index (Phi) is 3.67. The van der Waals surface area contributed by atoms with Crippen LogP contribution < -0.4 is 5.73 Å². The number of benzene rings is 1. The van der Waals surface area contributed by atoms with Gasteiger partial charge in [0.1, 0.15) is 0 Å². The Morgan fingerprint density at radius 1 is 1.15 bits per heavy atom. The van der Waals surface area contributed by atoms with Gasteiger partial charge in [0.05, 0.1) is 6.04 Å². The standard InChI is InChI=1S/C15H21N5/c1-11-13(9-6-10-14(11)16)15-17-18-19-20(15)12-7-4-2-3-5-8-12/h6,9-10,12H,2-5,7-8,16H2,1H3. The van der Waals surface area contributed by atoms with Crippen molar-refractivity contribution >= 4 is 5.69 Å². The molecule has 106 valence electrons.